The van der Waals surface area contributed by atoms with Gasteiger partial charge in [0.25, 0.3) is 0 Å². The first-order valence-corrected chi connectivity index (χ1v) is 7.50. The third kappa shape index (κ3) is 3.04. The van der Waals surface area contributed by atoms with Crippen LogP contribution in [-0.2, 0) is 6.54 Å². The van der Waals surface area contributed by atoms with Gasteiger partial charge in [-0.15, -0.1) is 0 Å². The van der Waals surface area contributed by atoms with E-state index < -0.39 is 0 Å². The van der Waals surface area contributed by atoms with Crippen LogP contribution in [0.5, 0.6) is 17.2 Å². The molecule has 4 nitrogen and oxygen atoms in total. The van der Waals surface area contributed by atoms with Gasteiger partial charge in [0.2, 0.25) is 6.79 Å². The summed E-state index contributed by atoms with van der Waals surface area (Å²) < 4.78 is 16.9. The molecular weight excluding hydrogens is 358 g/mol. The van der Waals surface area contributed by atoms with Crippen LogP contribution in [0.1, 0.15) is 5.56 Å². The lowest BCUT2D eigenvalue weighted by Gasteiger charge is -2.11. The fourth-order valence-electron chi connectivity index (χ4n) is 2.06. The molecule has 0 radical (unpaired) electrons. The Balaban J connectivity index is 1.76. The number of fused-ring (bicyclic) bond motifs is 1. The quantitative estimate of drug-likeness (QED) is 0.863. The fourth-order valence-corrected chi connectivity index (χ4v) is 2.72. The summed E-state index contributed by atoms with van der Waals surface area (Å²) in [6.45, 7) is 0.912. The average Bonchev–Trinajstić information content (AvgIpc) is 2.93. The molecule has 0 saturated heterocycles. The van der Waals surface area contributed by atoms with Crippen LogP contribution in [0.25, 0.3) is 0 Å². The van der Waals surface area contributed by atoms with Gasteiger partial charge in [-0.05, 0) is 29.8 Å². The molecule has 6 heteroatoms. The van der Waals surface area contributed by atoms with Gasteiger partial charge in [0, 0.05) is 22.8 Å². The second kappa shape index (κ2) is 6.03. The second-order valence-electron chi connectivity index (χ2n) is 4.50. The zero-order valence-corrected chi connectivity index (χ0v) is 13.6. The van der Waals surface area contributed by atoms with Crippen LogP contribution in [0.4, 0.5) is 5.69 Å². The number of hydrogen-bond acceptors (Lipinski definition) is 4. The summed E-state index contributed by atoms with van der Waals surface area (Å²) in [5.74, 6) is 2.17. The number of halogens is 2. The molecule has 0 atom stereocenters. The van der Waals surface area contributed by atoms with E-state index in [0.29, 0.717) is 17.3 Å². The van der Waals surface area contributed by atoms with Crippen molar-refractivity contribution < 1.29 is 14.2 Å². The van der Waals surface area contributed by atoms with Crippen molar-refractivity contribution in [1.82, 2.24) is 0 Å². The molecule has 1 N–H and O–H groups in total. The van der Waals surface area contributed by atoms with Crippen molar-refractivity contribution in [3.63, 3.8) is 0 Å². The molecule has 0 spiro atoms. The van der Waals surface area contributed by atoms with Crippen LogP contribution in [0.2, 0.25) is 5.02 Å². The number of hydrogen-bond donors (Lipinski definition) is 1. The van der Waals surface area contributed by atoms with Gasteiger partial charge in [0.05, 0.1) is 12.1 Å². The highest BCUT2D eigenvalue weighted by molar-refractivity contribution is 9.10. The van der Waals surface area contributed by atoms with E-state index >= 15 is 0 Å². The van der Waals surface area contributed by atoms with E-state index in [-0.39, 0.29) is 6.79 Å². The highest BCUT2D eigenvalue weighted by Gasteiger charge is 2.16. The van der Waals surface area contributed by atoms with E-state index in [1.54, 1.807) is 13.2 Å². The molecule has 110 valence electrons. The van der Waals surface area contributed by atoms with Crippen LogP contribution >= 0.6 is 27.5 Å². The Bertz CT molecular complexity index is 678. The standard InChI is InChI=1S/C15H13BrClNO3/c1-19-13-5-10(2-3-12(13)17)18-7-9-4-14-15(6-11(9)16)21-8-20-14/h2-6,18H,7-8H2,1H3. The first-order valence-electron chi connectivity index (χ1n) is 6.33. The number of rotatable bonds is 4. The van der Waals surface area contributed by atoms with Crippen molar-refractivity contribution in [1.29, 1.82) is 0 Å². The summed E-state index contributed by atoms with van der Waals surface area (Å²) in [5.41, 5.74) is 2.01. The Hall–Kier alpha value is -1.59. The Morgan fingerprint density at radius 1 is 1.24 bits per heavy atom. The summed E-state index contributed by atoms with van der Waals surface area (Å²) in [4.78, 5) is 0. The Morgan fingerprint density at radius 2 is 2.00 bits per heavy atom. The zero-order valence-electron chi connectivity index (χ0n) is 11.3. The van der Waals surface area contributed by atoms with Gasteiger partial charge in [-0.2, -0.15) is 0 Å². The minimum Gasteiger partial charge on any atom is -0.495 e. The predicted octanol–water partition coefficient (Wildman–Crippen LogP) is 4.45. The maximum atomic E-state index is 6.01. The largest absolute Gasteiger partial charge is 0.495 e. The highest BCUT2D eigenvalue weighted by atomic mass is 79.9. The minimum absolute atomic E-state index is 0.271. The first kappa shape index (κ1) is 14.4. The molecule has 0 unspecified atom stereocenters. The lowest BCUT2D eigenvalue weighted by Crippen LogP contribution is -2.00. The van der Waals surface area contributed by atoms with E-state index in [1.165, 1.54) is 0 Å². The van der Waals surface area contributed by atoms with Crippen molar-refractivity contribution >= 4 is 33.2 Å². The van der Waals surface area contributed by atoms with Crippen LogP contribution in [0.3, 0.4) is 0 Å². The molecule has 3 rings (SSSR count). The van der Waals surface area contributed by atoms with Gasteiger partial charge in [0.1, 0.15) is 5.75 Å². The number of methoxy groups -OCH3 is 1. The summed E-state index contributed by atoms with van der Waals surface area (Å²) in [6, 6.07) is 9.46. The Kier molecular flexibility index (Phi) is 4.12. The van der Waals surface area contributed by atoms with E-state index in [2.05, 4.69) is 21.2 Å². The molecule has 0 bridgehead atoms. The maximum absolute atomic E-state index is 6.01. The lowest BCUT2D eigenvalue weighted by atomic mass is 10.2. The summed E-state index contributed by atoms with van der Waals surface area (Å²) >= 11 is 9.55. The van der Waals surface area contributed by atoms with Crippen molar-refractivity contribution in [3.8, 4) is 17.2 Å². The van der Waals surface area contributed by atoms with Gasteiger partial charge in [0.15, 0.2) is 11.5 Å². The average molecular weight is 371 g/mol. The van der Waals surface area contributed by atoms with Crippen molar-refractivity contribution in [3.05, 3.63) is 45.4 Å². The topological polar surface area (TPSA) is 39.7 Å². The van der Waals surface area contributed by atoms with Crippen LogP contribution in [0, 0.1) is 0 Å². The highest BCUT2D eigenvalue weighted by Crippen LogP contribution is 2.37. The lowest BCUT2D eigenvalue weighted by molar-refractivity contribution is 0.174. The van der Waals surface area contributed by atoms with Crippen LogP contribution < -0.4 is 19.5 Å². The number of nitrogens with one attached hydrogen (secondary N) is 1. The maximum Gasteiger partial charge on any atom is 0.231 e. The molecule has 0 aliphatic carbocycles. The molecule has 0 aromatic heterocycles. The van der Waals surface area contributed by atoms with E-state index in [1.807, 2.05) is 24.3 Å². The summed E-state index contributed by atoms with van der Waals surface area (Å²) in [7, 11) is 1.60. The molecular formula is C15H13BrClNO3. The smallest absolute Gasteiger partial charge is 0.231 e. The number of benzene rings is 2. The van der Waals surface area contributed by atoms with Gasteiger partial charge in [-0.25, -0.2) is 0 Å². The minimum atomic E-state index is 0.271. The van der Waals surface area contributed by atoms with E-state index in [9.17, 15) is 0 Å². The van der Waals surface area contributed by atoms with Gasteiger partial charge in [-0.3, -0.25) is 0 Å². The summed E-state index contributed by atoms with van der Waals surface area (Å²) in [5, 5.41) is 3.92. The monoisotopic (exact) mass is 369 g/mol. The molecule has 2 aromatic carbocycles. The fraction of sp³-hybridized carbons (Fsp3) is 0.200. The molecule has 2 aromatic rings. The van der Waals surface area contributed by atoms with Crippen molar-refractivity contribution in [2.75, 3.05) is 19.2 Å². The molecule has 1 aliphatic rings. The molecule has 0 fully saturated rings. The number of anilines is 1. The SMILES string of the molecule is COc1cc(NCc2cc3c(cc2Br)OCO3)ccc1Cl. The predicted molar refractivity (Wildman–Crippen MR) is 85.6 cm³/mol. The molecule has 0 saturated carbocycles. The van der Waals surface area contributed by atoms with E-state index in [4.69, 9.17) is 25.8 Å². The second-order valence-corrected chi connectivity index (χ2v) is 5.76. The van der Waals surface area contributed by atoms with Gasteiger partial charge in [-0.1, -0.05) is 27.5 Å². The summed E-state index contributed by atoms with van der Waals surface area (Å²) in [6.07, 6.45) is 0. The van der Waals surface area contributed by atoms with Crippen molar-refractivity contribution in [2.24, 2.45) is 0 Å². The molecule has 1 aliphatic heterocycles. The Morgan fingerprint density at radius 3 is 2.76 bits per heavy atom. The normalized spacial score (nSPS) is 12.3. The number of ether oxygens (including phenoxy) is 3. The first-order chi connectivity index (χ1) is 10.2. The Labute approximate surface area is 136 Å². The molecule has 0 amide bonds. The van der Waals surface area contributed by atoms with Crippen LogP contribution in [0.15, 0.2) is 34.8 Å². The zero-order chi connectivity index (χ0) is 14.8. The van der Waals surface area contributed by atoms with Crippen LogP contribution in [-0.4, -0.2) is 13.9 Å². The van der Waals surface area contributed by atoms with Gasteiger partial charge >= 0.3 is 0 Å². The van der Waals surface area contributed by atoms with E-state index in [0.717, 1.165) is 27.2 Å². The third-order valence-corrected chi connectivity index (χ3v) is 4.23. The van der Waals surface area contributed by atoms with Gasteiger partial charge < -0.3 is 19.5 Å². The van der Waals surface area contributed by atoms with Crippen molar-refractivity contribution in [2.45, 2.75) is 6.54 Å². The molecule has 1 heterocycles. The molecule has 21 heavy (non-hydrogen) atoms. The third-order valence-electron chi connectivity index (χ3n) is 3.18.